The Kier molecular flexibility index (Phi) is 1.44. The molecule has 1 saturated heterocycles. The maximum atomic E-state index is 5.49. The maximum absolute atomic E-state index is 5.49. The highest BCUT2D eigenvalue weighted by Gasteiger charge is 2.25. The Morgan fingerprint density at radius 3 is 2.56 bits per heavy atom. The molecule has 52 valence electrons. The molecule has 0 spiro atoms. The van der Waals surface area contributed by atoms with E-state index in [1.165, 1.54) is 25.8 Å². The van der Waals surface area contributed by atoms with Crippen molar-refractivity contribution in [3.63, 3.8) is 0 Å². The summed E-state index contributed by atoms with van der Waals surface area (Å²) in [5.74, 6) is 0. The van der Waals surface area contributed by atoms with Gasteiger partial charge in [0.1, 0.15) is 0 Å². The first-order valence-corrected chi connectivity index (χ1v) is 3.80. The van der Waals surface area contributed by atoms with E-state index in [0.717, 1.165) is 6.61 Å². The molecule has 0 aromatic rings. The van der Waals surface area contributed by atoms with E-state index in [4.69, 9.17) is 4.74 Å². The van der Waals surface area contributed by atoms with Crippen LogP contribution in [0, 0.1) is 0 Å². The minimum Gasteiger partial charge on any atom is -0.377 e. The van der Waals surface area contributed by atoms with Crippen LogP contribution in [-0.2, 0) is 4.74 Å². The molecule has 1 aliphatic carbocycles. The van der Waals surface area contributed by atoms with Crippen molar-refractivity contribution in [1.82, 2.24) is 5.32 Å². The van der Waals surface area contributed by atoms with E-state index in [0.29, 0.717) is 12.1 Å². The lowest BCUT2D eigenvalue weighted by molar-refractivity contribution is 0.0799. The molecule has 1 heterocycles. The molecule has 2 nitrogen and oxygen atoms in total. The highest BCUT2D eigenvalue weighted by atomic mass is 16.5. The first-order valence-electron chi connectivity index (χ1n) is 3.80. The standard InChI is InChI=1S/C7H13NO/c1-2-7(1)9-5-6-3-4-8-6/h6-8H,1-5H2. The minimum atomic E-state index is 0.632. The molecule has 1 saturated carbocycles. The van der Waals surface area contributed by atoms with Gasteiger partial charge in [-0.3, -0.25) is 0 Å². The molecule has 0 bridgehead atoms. The quantitative estimate of drug-likeness (QED) is 0.597. The first-order chi connectivity index (χ1) is 4.45. The lowest BCUT2D eigenvalue weighted by Crippen LogP contribution is -2.46. The molecule has 0 amide bonds. The Hall–Kier alpha value is -0.0800. The number of nitrogens with one attached hydrogen (secondary N) is 1. The summed E-state index contributed by atoms with van der Waals surface area (Å²) in [6.07, 6.45) is 4.54. The summed E-state index contributed by atoms with van der Waals surface area (Å²) in [6.45, 7) is 2.14. The van der Waals surface area contributed by atoms with E-state index in [9.17, 15) is 0 Å². The summed E-state index contributed by atoms with van der Waals surface area (Å²) in [6, 6.07) is 0.686. The third-order valence-electron chi connectivity index (χ3n) is 1.98. The number of hydrogen-bond acceptors (Lipinski definition) is 2. The van der Waals surface area contributed by atoms with Gasteiger partial charge in [-0.05, 0) is 25.8 Å². The van der Waals surface area contributed by atoms with Gasteiger partial charge < -0.3 is 10.1 Å². The monoisotopic (exact) mass is 127 g/mol. The van der Waals surface area contributed by atoms with Crippen molar-refractivity contribution in [2.24, 2.45) is 0 Å². The average molecular weight is 127 g/mol. The Labute approximate surface area is 55.6 Å². The highest BCUT2D eigenvalue weighted by Crippen LogP contribution is 2.23. The van der Waals surface area contributed by atoms with E-state index in [1.54, 1.807) is 0 Å². The molecular weight excluding hydrogens is 114 g/mol. The lowest BCUT2D eigenvalue weighted by atomic mass is 10.1. The van der Waals surface area contributed by atoms with Crippen molar-refractivity contribution < 1.29 is 4.74 Å². The van der Waals surface area contributed by atoms with Gasteiger partial charge in [0.05, 0.1) is 12.7 Å². The van der Waals surface area contributed by atoms with Crippen LogP contribution in [0.15, 0.2) is 0 Å². The van der Waals surface area contributed by atoms with Crippen LogP contribution in [0.5, 0.6) is 0 Å². The molecule has 0 aromatic carbocycles. The van der Waals surface area contributed by atoms with Crippen LogP contribution in [-0.4, -0.2) is 25.3 Å². The van der Waals surface area contributed by atoms with E-state index in [1.807, 2.05) is 0 Å². The van der Waals surface area contributed by atoms with Crippen LogP contribution in [0.4, 0.5) is 0 Å². The van der Waals surface area contributed by atoms with Gasteiger partial charge in [0, 0.05) is 6.04 Å². The molecule has 0 aromatic heterocycles. The summed E-state index contributed by atoms with van der Waals surface area (Å²) < 4.78 is 5.49. The van der Waals surface area contributed by atoms with E-state index < -0.39 is 0 Å². The Morgan fingerprint density at radius 2 is 2.11 bits per heavy atom. The summed E-state index contributed by atoms with van der Waals surface area (Å²) in [5.41, 5.74) is 0. The second-order valence-corrected chi connectivity index (χ2v) is 2.97. The molecule has 1 atom stereocenters. The zero-order valence-corrected chi connectivity index (χ0v) is 5.60. The minimum absolute atomic E-state index is 0.632. The highest BCUT2D eigenvalue weighted by molar-refractivity contribution is 4.79. The van der Waals surface area contributed by atoms with Gasteiger partial charge in [0.25, 0.3) is 0 Å². The second kappa shape index (κ2) is 2.27. The summed E-state index contributed by atoms with van der Waals surface area (Å²) in [7, 11) is 0. The molecule has 1 unspecified atom stereocenters. The molecule has 0 radical (unpaired) electrons. The molecule has 2 fully saturated rings. The third-order valence-corrected chi connectivity index (χ3v) is 1.98. The molecule has 2 heteroatoms. The van der Waals surface area contributed by atoms with Crippen molar-refractivity contribution >= 4 is 0 Å². The van der Waals surface area contributed by atoms with E-state index in [2.05, 4.69) is 5.32 Å². The fourth-order valence-corrected chi connectivity index (χ4v) is 0.978. The predicted octanol–water partition coefficient (Wildman–Crippen LogP) is 0.527. The molecule has 2 aliphatic rings. The lowest BCUT2D eigenvalue weighted by Gasteiger charge is -2.27. The molecule has 9 heavy (non-hydrogen) atoms. The van der Waals surface area contributed by atoms with E-state index >= 15 is 0 Å². The van der Waals surface area contributed by atoms with Crippen LogP contribution in [0.1, 0.15) is 19.3 Å². The summed E-state index contributed by atoms with van der Waals surface area (Å²) >= 11 is 0. The summed E-state index contributed by atoms with van der Waals surface area (Å²) in [4.78, 5) is 0. The van der Waals surface area contributed by atoms with Crippen LogP contribution in [0.2, 0.25) is 0 Å². The van der Waals surface area contributed by atoms with Crippen molar-refractivity contribution in [2.45, 2.75) is 31.4 Å². The van der Waals surface area contributed by atoms with Gasteiger partial charge >= 0.3 is 0 Å². The molecule has 2 rings (SSSR count). The predicted molar refractivity (Wildman–Crippen MR) is 35.4 cm³/mol. The smallest absolute Gasteiger partial charge is 0.0623 e. The average Bonchev–Trinajstić information content (AvgIpc) is 2.44. The Morgan fingerprint density at radius 1 is 1.33 bits per heavy atom. The van der Waals surface area contributed by atoms with Crippen molar-refractivity contribution in [2.75, 3.05) is 13.2 Å². The van der Waals surface area contributed by atoms with Crippen LogP contribution >= 0.6 is 0 Å². The van der Waals surface area contributed by atoms with Crippen LogP contribution in [0.25, 0.3) is 0 Å². The van der Waals surface area contributed by atoms with Crippen molar-refractivity contribution in [3.05, 3.63) is 0 Å². The van der Waals surface area contributed by atoms with Gasteiger partial charge in [-0.2, -0.15) is 0 Å². The fourth-order valence-electron chi connectivity index (χ4n) is 0.978. The maximum Gasteiger partial charge on any atom is 0.0623 e. The zero-order valence-electron chi connectivity index (χ0n) is 5.60. The second-order valence-electron chi connectivity index (χ2n) is 2.97. The normalized spacial score (nSPS) is 34.0. The summed E-state index contributed by atoms with van der Waals surface area (Å²) in [5, 5.41) is 3.30. The topological polar surface area (TPSA) is 21.3 Å². The fraction of sp³-hybridized carbons (Fsp3) is 1.00. The van der Waals surface area contributed by atoms with Crippen molar-refractivity contribution in [1.29, 1.82) is 0 Å². The SMILES string of the molecule is C1CC(COC2CC2)N1. The molecule has 1 aliphatic heterocycles. The Balaban J connectivity index is 1.55. The first kappa shape index (κ1) is 5.69. The zero-order chi connectivity index (χ0) is 6.10. The van der Waals surface area contributed by atoms with Gasteiger partial charge in [-0.15, -0.1) is 0 Å². The number of rotatable bonds is 3. The van der Waals surface area contributed by atoms with E-state index in [-0.39, 0.29) is 0 Å². The van der Waals surface area contributed by atoms with Gasteiger partial charge in [-0.25, -0.2) is 0 Å². The van der Waals surface area contributed by atoms with Crippen LogP contribution in [0.3, 0.4) is 0 Å². The third kappa shape index (κ3) is 1.43. The number of hydrogen-bond donors (Lipinski definition) is 1. The number of ether oxygens (including phenoxy) is 1. The van der Waals surface area contributed by atoms with Gasteiger partial charge in [-0.1, -0.05) is 0 Å². The molecule has 1 N–H and O–H groups in total. The van der Waals surface area contributed by atoms with Crippen LogP contribution < -0.4 is 5.32 Å². The van der Waals surface area contributed by atoms with Gasteiger partial charge in [0.15, 0.2) is 0 Å². The van der Waals surface area contributed by atoms with Crippen molar-refractivity contribution in [3.8, 4) is 0 Å². The largest absolute Gasteiger partial charge is 0.377 e. The molecular formula is C7H13NO. The Bertz CT molecular complexity index is 97.1. The van der Waals surface area contributed by atoms with Gasteiger partial charge in [0.2, 0.25) is 0 Å².